The van der Waals surface area contributed by atoms with Gasteiger partial charge in [0.2, 0.25) is 0 Å². The molecule has 0 aromatic heterocycles. The summed E-state index contributed by atoms with van der Waals surface area (Å²) in [7, 11) is -4.27. The highest BCUT2D eigenvalue weighted by Crippen LogP contribution is 2.06. The molecule has 1 heterocycles. The molecule has 14 heavy (non-hydrogen) atoms. The van der Waals surface area contributed by atoms with Crippen molar-refractivity contribution < 1.29 is 27.0 Å². The van der Waals surface area contributed by atoms with Gasteiger partial charge in [-0.05, 0) is 12.8 Å². The molecule has 0 atom stereocenters. The van der Waals surface area contributed by atoms with Crippen LogP contribution in [0.5, 0.6) is 0 Å². The Balaban J connectivity index is 0.000000292. The van der Waals surface area contributed by atoms with Crippen LogP contribution in [0.1, 0.15) is 25.7 Å². The van der Waals surface area contributed by atoms with Crippen LogP contribution in [0.15, 0.2) is 0 Å². The zero-order valence-electron chi connectivity index (χ0n) is 8.03. The third kappa shape index (κ3) is 11.3. The fourth-order valence-corrected chi connectivity index (χ4v) is 1.08. The highest BCUT2D eigenvalue weighted by molar-refractivity contribution is 6.50. The van der Waals surface area contributed by atoms with E-state index in [1.54, 1.807) is 7.11 Å². The van der Waals surface area contributed by atoms with Gasteiger partial charge in [0.1, 0.15) is 6.54 Å². The number of nitrogens with one attached hydrogen (secondary N) is 1. The smallest absolute Gasteiger partial charge is 0.451 e. The first kappa shape index (κ1) is 13.3. The lowest BCUT2D eigenvalue weighted by molar-refractivity contribution is -0.467. The van der Waals surface area contributed by atoms with E-state index in [-0.39, 0.29) is 0 Å². The third-order valence-corrected chi connectivity index (χ3v) is 1.65. The molecule has 1 rings (SSSR count). The summed E-state index contributed by atoms with van der Waals surface area (Å²) in [5, 5.41) is 0. The first-order valence-corrected chi connectivity index (χ1v) is 4.44. The third-order valence-electron chi connectivity index (χ3n) is 1.65. The van der Waals surface area contributed by atoms with Gasteiger partial charge in [0.15, 0.2) is 0 Å². The summed E-state index contributed by atoms with van der Waals surface area (Å²) in [5.41, 5.74) is 0. The van der Waals surface area contributed by atoms with Gasteiger partial charge >= 0.3 is 13.2 Å². The average Bonchev–Trinajstić information content (AvgIpc) is 2.28. The Bertz CT molecular complexity index is 177. The molecule has 0 saturated heterocycles. The summed E-state index contributed by atoms with van der Waals surface area (Å²) in [5.74, 6) is 1.06. The van der Waals surface area contributed by atoms with Crippen molar-refractivity contribution in [3.05, 3.63) is 0 Å². The van der Waals surface area contributed by atoms with Gasteiger partial charge in [-0.15, -0.1) is 0 Å². The monoisotopic (exact) mass is 215 g/mol. The van der Waals surface area contributed by atoms with Crippen molar-refractivity contribution in [2.75, 3.05) is 13.7 Å². The summed E-state index contributed by atoms with van der Waals surface area (Å²) in [6.45, 7) is 1.09. The van der Waals surface area contributed by atoms with Crippen molar-refractivity contribution in [2.24, 2.45) is 0 Å². The summed E-state index contributed by atoms with van der Waals surface area (Å²) in [6.07, 6.45) is 4.99. The molecule has 1 N–H and O–H groups in total. The predicted octanol–water partition coefficient (Wildman–Crippen LogP) is 0.986. The van der Waals surface area contributed by atoms with Gasteiger partial charge in [-0.2, -0.15) is 0 Å². The number of methoxy groups -OCH3 is 1. The van der Waals surface area contributed by atoms with E-state index in [1.807, 2.05) is 0 Å². The molecule has 84 valence electrons. The number of hydrogen-bond donors (Lipinski definition) is 1. The van der Waals surface area contributed by atoms with Crippen LogP contribution in [0.4, 0.5) is 17.3 Å². The molecular formula is C7H14BF4NO. The Morgan fingerprint density at radius 2 is 1.71 bits per heavy atom. The number of rotatable bonds is 0. The molecule has 1 aliphatic heterocycles. The van der Waals surface area contributed by atoms with Crippen molar-refractivity contribution >= 4 is 13.2 Å². The Hall–Kier alpha value is -0.745. The van der Waals surface area contributed by atoms with E-state index < -0.39 is 7.25 Å². The fraction of sp³-hybridized carbons (Fsp3) is 0.857. The van der Waals surface area contributed by atoms with Gasteiger partial charge in [0, 0.05) is 6.42 Å². The van der Waals surface area contributed by atoms with Crippen LogP contribution in [0.2, 0.25) is 0 Å². The molecule has 0 unspecified atom stereocenters. The number of ether oxygens (including phenoxy) is 1. The molecule has 0 fully saturated rings. The van der Waals surface area contributed by atoms with Crippen LogP contribution >= 0.6 is 0 Å². The second-order valence-corrected chi connectivity index (χ2v) is 2.86. The first-order chi connectivity index (χ1) is 6.43. The van der Waals surface area contributed by atoms with Crippen LogP contribution < -0.4 is 4.99 Å². The standard InChI is InChI=1S/C7H13NO.BF4/c1-9-7-5-3-2-4-6-8-7;2-1(3,4)5/h2-6H2,1H3;/q;-1/p+1. The largest absolute Gasteiger partial charge is 0.673 e. The van der Waals surface area contributed by atoms with Gasteiger partial charge in [0.25, 0.3) is 0 Å². The zero-order chi connectivity index (χ0) is 11.0. The predicted molar refractivity (Wildman–Crippen MR) is 46.5 cm³/mol. The normalized spacial score (nSPS) is 17.4. The van der Waals surface area contributed by atoms with Gasteiger partial charge < -0.3 is 22.0 Å². The molecule has 7 heteroatoms. The van der Waals surface area contributed by atoms with Gasteiger partial charge in [-0.25, -0.2) is 4.99 Å². The molecule has 0 radical (unpaired) electrons. The maximum atomic E-state index is 9.75. The van der Waals surface area contributed by atoms with E-state index in [1.165, 1.54) is 19.3 Å². The van der Waals surface area contributed by atoms with Crippen molar-refractivity contribution in [1.82, 2.24) is 0 Å². The quantitative estimate of drug-likeness (QED) is 0.472. The number of halogens is 4. The van der Waals surface area contributed by atoms with E-state index in [4.69, 9.17) is 4.74 Å². The maximum Gasteiger partial charge on any atom is 0.673 e. The molecule has 0 saturated carbocycles. The van der Waals surface area contributed by atoms with E-state index in [0.29, 0.717) is 0 Å². The molecule has 0 aliphatic carbocycles. The average molecular weight is 215 g/mol. The van der Waals surface area contributed by atoms with Crippen molar-refractivity contribution in [3.63, 3.8) is 0 Å². The second-order valence-electron chi connectivity index (χ2n) is 2.86. The first-order valence-electron chi connectivity index (χ1n) is 4.44. The van der Waals surface area contributed by atoms with Crippen molar-refractivity contribution in [3.8, 4) is 0 Å². The van der Waals surface area contributed by atoms with Gasteiger partial charge in [-0.1, -0.05) is 0 Å². The Kier molecular flexibility index (Phi) is 6.32. The van der Waals surface area contributed by atoms with Crippen LogP contribution in [0.25, 0.3) is 0 Å². The van der Waals surface area contributed by atoms with Gasteiger partial charge in [0.05, 0.1) is 13.5 Å². The van der Waals surface area contributed by atoms with E-state index >= 15 is 0 Å². The minimum atomic E-state index is -6.00. The lowest BCUT2D eigenvalue weighted by Gasteiger charge is -1.94. The minimum absolute atomic E-state index is 1.06. The molecule has 0 spiro atoms. The Labute approximate surface area is 80.5 Å². The van der Waals surface area contributed by atoms with Crippen LogP contribution in [-0.4, -0.2) is 26.8 Å². The van der Waals surface area contributed by atoms with Gasteiger partial charge in [-0.3, -0.25) is 0 Å². The van der Waals surface area contributed by atoms with E-state index in [0.717, 1.165) is 18.9 Å². The zero-order valence-corrected chi connectivity index (χ0v) is 8.03. The lowest BCUT2D eigenvalue weighted by atomic mass is 10.2. The van der Waals surface area contributed by atoms with Crippen LogP contribution in [0.3, 0.4) is 0 Å². The van der Waals surface area contributed by atoms with E-state index in [9.17, 15) is 17.3 Å². The Morgan fingerprint density at radius 3 is 2.21 bits per heavy atom. The Morgan fingerprint density at radius 1 is 1.14 bits per heavy atom. The highest BCUT2D eigenvalue weighted by Gasteiger charge is 2.20. The summed E-state index contributed by atoms with van der Waals surface area (Å²) >= 11 is 0. The molecule has 0 aromatic rings. The fourth-order valence-electron chi connectivity index (χ4n) is 1.08. The van der Waals surface area contributed by atoms with Crippen molar-refractivity contribution in [1.29, 1.82) is 0 Å². The molecule has 1 aliphatic rings. The van der Waals surface area contributed by atoms with Crippen LogP contribution in [-0.2, 0) is 4.74 Å². The molecule has 0 aromatic carbocycles. The molecule has 0 amide bonds. The lowest BCUT2D eigenvalue weighted by Crippen LogP contribution is -2.73. The maximum absolute atomic E-state index is 9.75. The minimum Gasteiger partial charge on any atom is -0.451 e. The summed E-state index contributed by atoms with van der Waals surface area (Å²) in [6, 6.07) is 0. The van der Waals surface area contributed by atoms with Crippen molar-refractivity contribution in [2.45, 2.75) is 25.7 Å². The molecule has 2 nitrogen and oxygen atoms in total. The van der Waals surface area contributed by atoms with E-state index in [2.05, 4.69) is 4.99 Å². The summed E-state index contributed by atoms with van der Waals surface area (Å²) < 4.78 is 44.1. The number of hydrogen-bond acceptors (Lipinski definition) is 1. The topological polar surface area (TPSA) is 23.2 Å². The SMILES string of the molecule is COC1=[NH+]CCCCC1.F[B-](F)(F)F. The summed E-state index contributed by atoms with van der Waals surface area (Å²) in [4.78, 5) is 3.23. The second kappa shape index (κ2) is 6.67. The molecular weight excluding hydrogens is 201 g/mol. The van der Waals surface area contributed by atoms with Crippen LogP contribution in [0, 0.1) is 0 Å². The highest BCUT2D eigenvalue weighted by atomic mass is 19.5. The molecule has 0 bridgehead atoms.